The van der Waals surface area contributed by atoms with Gasteiger partial charge in [-0.2, -0.15) is 0 Å². The monoisotopic (exact) mass is 777 g/mol. The summed E-state index contributed by atoms with van der Waals surface area (Å²) < 4.78 is 34.7. The zero-order valence-electron chi connectivity index (χ0n) is 30.9. The number of carbonyl (C=O) groups is 4. The highest BCUT2D eigenvalue weighted by Gasteiger charge is 2.66. The molecular formula is C41H43N7O7S. The van der Waals surface area contributed by atoms with Gasteiger partial charge in [0.1, 0.15) is 23.9 Å². The van der Waals surface area contributed by atoms with E-state index >= 15 is 0 Å². The molecule has 4 heterocycles. The van der Waals surface area contributed by atoms with Crippen LogP contribution < -0.4 is 20.1 Å². The molecule has 1 saturated heterocycles. The van der Waals surface area contributed by atoms with Crippen LogP contribution in [0.1, 0.15) is 67.5 Å². The number of hydrogen-bond acceptors (Lipinski definition) is 10. The minimum atomic E-state index is -3.96. The Morgan fingerprint density at radius 2 is 1.71 bits per heavy atom. The van der Waals surface area contributed by atoms with E-state index in [-0.39, 0.29) is 18.7 Å². The maximum atomic E-state index is 14.7. The minimum absolute atomic E-state index is 0.0234. The number of aryl methyl sites for hydroxylation is 1. The third-order valence-electron chi connectivity index (χ3n) is 11.2. The van der Waals surface area contributed by atoms with Gasteiger partial charge in [0.15, 0.2) is 5.54 Å². The number of nitrogens with zero attached hydrogens (tertiary/aromatic N) is 4. The summed E-state index contributed by atoms with van der Waals surface area (Å²) in [4.78, 5) is 71.2. The number of ether oxygens (including phenoxy) is 1. The van der Waals surface area contributed by atoms with Crippen LogP contribution in [0, 0.1) is 12.8 Å². The SMILES string of the molecule is C=C1C2C=CCCCCCC(NC(=O)c3cnc(C)cn3)C(=O)N3CC(Oc4nc5ccccc5c5ccccc45)CC3C(=O)NC12C(=O)NS(=O)(=O)C1CC1. The van der Waals surface area contributed by atoms with E-state index < -0.39 is 68.5 Å². The van der Waals surface area contributed by atoms with Crippen LogP contribution in [0.4, 0.5) is 0 Å². The Hall–Kier alpha value is -5.70. The smallest absolute Gasteiger partial charge is 0.272 e. The first-order valence-electron chi connectivity index (χ1n) is 19.0. The number of hydrogen-bond donors (Lipinski definition) is 3. The van der Waals surface area contributed by atoms with E-state index in [4.69, 9.17) is 9.72 Å². The van der Waals surface area contributed by atoms with Crippen LogP contribution in [0.25, 0.3) is 21.7 Å². The largest absolute Gasteiger partial charge is 0.472 e. The summed E-state index contributed by atoms with van der Waals surface area (Å²) >= 11 is 0. The van der Waals surface area contributed by atoms with Crippen LogP contribution in [-0.2, 0) is 24.4 Å². The number of amides is 4. The van der Waals surface area contributed by atoms with Crippen molar-refractivity contribution < 1.29 is 32.3 Å². The van der Waals surface area contributed by atoms with Crippen LogP contribution >= 0.6 is 0 Å². The predicted octanol–water partition coefficient (Wildman–Crippen LogP) is 3.80. The van der Waals surface area contributed by atoms with Gasteiger partial charge >= 0.3 is 0 Å². The maximum absolute atomic E-state index is 14.7. The molecule has 5 unspecified atom stereocenters. The van der Waals surface area contributed by atoms with Crippen molar-refractivity contribution in [3.8, 4) is 5.88 Å². The average Bonchev–Trinajstić information content (AvgIpc) is 4.09. The van der Waals surface area contributed by atoms with Crippen LogP contribution in [0.5, 0.6) is 5.88 Å². The first-order valence-corrected chi connectivity index (χ1v) is 20.6. The van der Waals surface area contributed by atoms with Gasteiger partial charge in [-0.05, 0) is 62.1 Å². The summed E-state index contributed by atoms with van der Waals surface area (Å²) in [5.41, 5.74) is -0.00809. The first-order chi connectivity index (χ1) is 27.0. The molecule has 0 bridgehead atoms. The number of para-hydroxylation sites is 1. The molecule has 4 aromatic rings. The molecule has 3 fully saturated rings. The normalized spacial score (nSPS) is 25.7. The summed E-state index contributed by atoms with van der Waals surface area (Å²) in [7, 11) is -3.96. The molecule has 56 heavy (non-hydrogen) atoms. The summed E-state index contributed by atoms with van der Waals surface area (Å²) in [6.07, 6.45) is 9.73. The van der Waals surface area contributed by atoms with Gasteiger partial charge in [0, 0.05) is 29.3 Å². The second-order valence-electron chi connectivity index (χ2n) is 15.1. The van der Waals surface area contributed by atoms with Crippen molar-refractivity contribution >= 4 is 55.3 Å². The number of fused-ring (bicyclic) bond motifs is 5. The number of aromatic nitrogens is 3. The van der Waals surface area contributed by atoms with Gasteiger partial charge in [0.25, 0.3) is 11.8 Å². The molecule has 290 valence electrons. The van der Waals surface area contributed by atoms with Gasteiger partial charge < -0.3 is 20.3 Å². The summed E-state index contributed by atoms with van der Waals surface area (Å²) in [5, 5.41) is 7.66. The summed E-state index contributed by atoms with van der Waals surface area (Å²) in [6.45, 7) is 5.80. The number of carbonyl (C=O) groups excluding carboxylic acids is 4. The number of benzene rings is 2. The zero-order chi connectivity index (χ0) is 39.2. The standard InChI is InChI=1S/C41H43N7O7S/c1-24-21-43-34(22-42-24)36(49)44-33-17-7-5-3-4-6-15-31-25(2)41(31,40(52)47-56(53,54)27-18-19-27)46-37(50)35-20-26(23-48(35)39(33)51)55-38-30-14-9-8-12-28(30)29-13-10-11-16-32(29)45-38/h6,8-16,21-22,26-27,31,33,35H,2-5,7,17-20,23H2,1H3,(H,44,49)(H,46,50)(H,47,52). The number of sulfonamides is 1. The van der Waals surface area contributed by atoms with Crippen molar-refractivity contribution in [3.63, 3.8) is 0 Å². The Morgan fingerprint density at radius 3 is 2.46 bits per heavy atom. The van der Waals surface area contributed by atoms with Crippen molar-refractivity contribution in [2.45, 2.75) is 87.3 Å². The number of pyridine rings is 1. The summed E-state index contributed by atoms with van der Waals surface area (Å²) in [5.74, 6) is -2.97. The fraction of sp³-hybridized carbons (Fsp3) is 0.390. The molecule has 2 saturated carbocycles. The van der Waals surface area contributed by atoms with Crippen LogP contribution in [0.15, 0.2) is 85.2 Å². The van der Waals surface area contributed by atoms with Crippen molar-refractivity contribution in [2.75, 3.05) is 6.54 Å². The Kier molecular flexibility index (Phi) is 9.81. The lowest BCUT2D eigenvalue weighted by Crippen LogP contribution is -2.58. The molecule has 14 nitrogen and oxygen atoms in total. The highest BCUT2D eigenvalue weighted by molar-refractivity contribution is 7.91. The van der Waals surface area contributed by atoms with E-state index in [1.165, 1.54) is 17.3 Å². The van der Waals surface area contributed by atoms with Crippen molar-refractivity contribution in [1.29, 1.82) is 0 Å². The maximum Gasteiger partial charge on any atom is 0.272 e. The van der Waals surface area contributed by atoms with E-state index in [1.54, 1.807) is 13.0 Å². The van der Waals surface area contributed by atoms with Gasteiger partial charge in [-0.25, -0.2) is 18.4 Å². The molecular weight excluding hydrogens is 735 g/mol. The molecule has 2 aromatic heterocycles. The third kappa shape index (κ3) is 7.11. The van der Waals surface area contributed by atoms with Crippen LogP contribution in [-0.4, -0.2) is 87.4 Å². The molecule has 2 aliphatic carbocycles. The molecule has 2 aromatic carbocycles. The molecule has 0 radical (unpaired) electrons. The van der Waals surface area contributed by atoms with Crippen LogP contribution in [0.3, 0.4) is 0 Å². The molecule has 5 atom stereocenters. The zero-order valence-corrected chi connectivity index (χ0v) is 31.8. The molecule has 0 spiro atoms. The molecule has 2 aliphatic heterocycles. The second kappa shape index (κ2) is 14.8. The highest BCUT2D eigenvalue weighted by atomic mass is 32.2. The molecule has 4 aliphatic rings. The van der Waals surface area contributed by atoms with E-state index in [9.17, 15) is 27.6 Å². The Bertz CT molecular complexity index is 2400. The topological polar surface area (TPSA) is 190 Å². The Balaban J connectivity index is 1.14. The molecule has 3 N–H and O–H groups in total. The van der Waals surface area contributed by atoms with E-state index in [2.05, 4.69) is 31.9 Å². The highest BCUT2D eigenvalue weighted by Crippen LogP contribution is 2.51. The molecule has 15 heteroatoms. The fourth-order valence-electron chi connectivity index (χ4n) is 7.84. The Morgan fingerprint density at radius 1 is 0.964 bits per heavy atom. The molecule has 8 rings (SSSR count). The fourth-order valence-corrected chi connectivity index (χ4v) is 9.18. The van der Waals surface area contributed by atoms with E-state index in [1.807, 2.05) is 54.6 Å². The minimum Gasteiger partial charge on any atom is -0.472 e. The van der Waals surface area contributed by atoms with Gasteiger partial charge in [-0.15, -0.1) is 0 Å². The van der Waals surface area contributed by atoms with Gasteiger partial charge in [-0.3, -0.25) is 28.9 Å². The number of rotatable bonds is 7. The first kappa shape index (κ1) is 37.2. The van der Waals surface area contributed by atoms with Crippen molar-refractivity contribution in [1.82, 2.24) is 35.2 Å². The quantitative estimate of drug-likeness (QED) is 0.184. The lowest BCUT2D eigenvalue weighted by molar-refractivity contribution is -0.141. The average molecular weight is 778 g/mol. The predicted molar refractivity (Wildman–Crippen MR) is 208 cm³/mol. The summed E-state index contributed by atoms with van der Waals surface area (Å²) in [6, 6.07) is 13.2. The van der Waals surface area contributed by atoms with Gasteiger partial charge in [0.05, 0.1) is 29.2 Å². The van der Waals surface area contributed by atoms with E-state index in [0.29, 0.717) is 54.8 Å². The van der Waals surface area contributed by atoms with Crippen molar-refractivity contribution in [3.05, 3.63) is 96.6 Å². The van der Waals surface area contributed by atoms with E-state index in [0.717, 1.165) is 29.0 Å². The number of nitrogens with one attached hydrogen (secondary N) is 3. The third-order valence-corrected chi connectivity index (χ3v) is 13.0. The lowest BCUT2D eigenvalue weighted by Gasteiger charge is -2.29. The number of allylic oxidation sites excluding steroid dienone is 1. The van der Waals surface area contributed by atoms with Crippen molar-refractivity contribution in [2.24, 2.45) is 5.92 Å². The Labute approximate surface area is 324 Å². The lowest BCUT2D eigenvalue weighted by atomic mass is 10.0. The molecule has 4 amide bonds. The van der Waals surface area contributed by atoms with Gasteiger partial charge in [-0.1, -0.05) is 68.0 Å². The van der Waals surface area contributed by atoms with Crippen LogP contribution in [0.2, 0.25) is 0 Å². The second-order valence-corrected chi connectivity index (χ2v) is 17.0. The van der Waals surface area contributed by atoms with Gasteiger partial charge in [0.2, 0.25) is 27.7 Å².